The molecular weight excluding hydrogens is 258 g/mol. The number of thiophene rings is 1. The zero-order chi connectivity index (χ0) is 12.3. The van der Waals surface area contributed by atoms with Crippen molar-refractivity contribution in [1.29, 1.82) is 0 Å². The van der Waals surface area contributed by atoms with E-state index in [1.54, 1.807) is 15.6 Å². The van der Waals surface area contributed by atoms with Gasteiger partial charge in [0.25, 0.3) is 0 Å². The number of nitrogens with zero attached hydrogens (tertiary/aromatic N) is 1. The van der Waals surface area contributed by atoms with Crippen molar-refractivity contribution in [2.75, 3.05) is 12.4 Å². The minimum absolute atomic E-state index is 0.0458. The molecule has 1 saturated carbocycles. The van der Waals surface area contributed by atoms with Gasteiger partial charge in [-0.3, -0.25) is 0 Å². The Hall–Kier alpha value is -0.430. The fourth-order valence-electron chi connectivity index (χ4n) is 1.74. The summed E-state index contributed by atoms with van der Waals surface area (Å²) in [4.78, 5) is 0. The molecule has 0 aromatic carbocycles. The van der Waals surface area contributed by atoms with E-state index in [2.05, 4.69) is 0 Å². The molecule has 0 radical (unpaired) electrons. The first kappa shape index (κ1) is 13.0. The summed E-state index contributed by atoms with van der Waals surface area (Å²) in [5.41, 5.74) is 1.05. The smallest absolute Gasteiger partial charge is 0.214 e. The second kappa shape index (κ2) is 5.48. The van der Waals surface area contributed by atoms with Gasteiger partial charge in [0, 0.05) is 19.2 Å². The molecule has 2 rings (SSSR count). The average Bonchev–Trinajstić information content (AvgIpc) is 3.00. The maximum atomic E-state index is 12.1. The van der Waals surface area contributed by atoms with Gasteiger partial charge >= 0.3 is 0 Å². The first-order valence-electron chi connectivity index (χ1n) is 5.75. The van der Waals surface area contributed by atoms with Crippen LogP contribution in [-0.4, -0.2) is 36.2 Å². The highest BCUT2D eigenvalue weighted by molar-refractivity contribution is 7.89. The zero-order valence-electron chi connectivity index (χ0n) is 9.58. The summed E-state index contributed by atoms with van der Waals surface area (Å²) in [5.74, 6) is 0.0458. The van der Waals surface area contributed by atoms with Crippen molar-refractivity contribution >= 4 is 21.4 Å². The van der Waals surface area contributed by atoms with Crippen molar-refractivity contribution < 1.29 is 13.5 Å². The fraction of sp³-hybridized carbons (Fsp3) is 0.636. The first-order valence-corrected chi connectivity index (χ1v) is 8.30. The van der Waals surface area contributed by atoms with Crippen LogP contribution in [0.25, 0.3) is 0 Å². The Morgan fingerprint density at radius 2 is 2.24 bits per heavy atom. The van der Waals surface area contributed by atoms with Crippen LogP contribution in [0.15, 0.2) is 16.8 Å². The molecule has 0 atom stereocenters. The molecule has 1 aromatic rings. The highest BCUT2D eigenvalue weighted by Crippen LogP contribution is 2.31. The van der Waals surface area contributed by atoms with Crippen LogP contribution in [0.2, 0.25) is 0 Å². The van der Waals surface area contributed by atoms with E-state index >= 15 is 0 Å². The monoisotopic (exact) mass is 275 g/mol. The van der Waals surface area contributed by atoms with E-state index in [1.807, 2.05) is 16.8 Å². The SMILES string of the molecule is O=S(=O)(CCCO)N(Cc1ccsc1)C1CC1. The summed E-state index contributed by atoms with van der Waals surface area (Å²) in [6.07, 6.45) is 2.24. The van der Waals surface area contributed by atoms with E-state index in [9.17, 15) is 8.42 Å². The van der Waals surface area contributed by atoms with E-state index in [-0.39, 0.29) is 18.4 Å². The molecule has 6 heteroatoms. The molecule has 1 aliphatic rings. The van der Waals surface area contributed by atoms with Crippen molar-refractivity contribution in [2.24, 2.45) is 0 Å². The molecular formula is C11H17NO3S2. The Labute approximate surface area is 106 Å². The van der Waals surface area contributed by atoms with Gasteiger partial charge < -0.3 is 5.11 Å². The molecule has 1 aliphatic carbocycles. The highest BCUT2D eigenvalue weighted by Gasteiger charge is 2.36. The van der Waals surface area contributed by atoms with E-state index in [1.165, 1.54) is 0 Å². The maximum absolute atomic E-state index is 12.1. The van der Waals surface area contributed by atoms with Crippen LogP contribution in [0.1, 0.15) is 24.8 Å². The van der Waals surface area contributed by atoms with Gasteiger partial charge in [0.15, 0.2) is 0 Å². The number of hydrogen-bond donors (Lipinski definition) is 1. The molecule has 96 valence electrons. The van der Waals surface area contributed by atoms with E-state index in [0.717, 1.165) is 18.4 Å². The number of rotatable bonds is 7. The molecule has 1 fully saturated rings. The molecule has 17 heavy (non-hydrogen) atoms. The van der Waals surface area contributed by atoms with Crippen molar-refractivity contribution in [3.8, 4) is 0 Å². The molecule has 0 saturated heterocycles. The van der Waals surface area contributed by atoms with Crippen molar-refractivity contribution in [1.82, 2.24) is 4.31 Å². The van der Waals surface area contributed by atoms with Crippen LogP contribution in [-0.2, 0) is 16.6 Å². The molecule has 0 aliphatic heterocycles. The van der Waals surface area contributed by atoms with E-state index < -0.39 is 10.0 Å². The van der Waals surface area contributed by atoms with Crippen LogP contribution < -0.4 is 0 Å². The maximum Gasteiger partial charge on any atom is 0.214 e. The Kier molecular flexibility index (Phi) is 4.19. The van der Waals surface area contributed by atoms with Crippen LogP contribution in [0, 0.1) is 0 Å². The summed E-state index contributed by atoms with van der Waals surface area (Å²) in [6, 6.07) is 2.14. The third-order valence-electron chi connectivity index (χ3n) is 2.79. The van der Waals surface area contributed by atoms with Crippen molar-refractivity contribution in [2.45, 2.75) is 31.8 Å². The molecule has 0 bridgehead atoms. The van der Waals surface area contributed by atoms with Gasteiger partial charge in [-0.05, 0) is 41.7 Å². The third kappa shape index (κ3) is 3.51. The average molecular weight is 275 g/mol. The number of aliphatic hydroxyl groups excluding tert-OH is 1. The predicted molar refractivity (Wildman–Crippen MR) is 68.4 cm³/mol. The van der Waals surface area contributed by atoms with Gasteiger partial charge in [0.2, 0.25) is 10.0 Å². The lowest BCUT2D eigenvalue weighted by molar-refractivity contribution is 0.293. The van der Waals surface area contributed by atoms with Gasteiger partial charge in [0.05, 0.1) is 5.75 Å². The quantitative estimate of drug-likeness (QED) is 0.819. The highest BCUT2D eigenvalue weighted by atomic mass is 32.2. The second-order valence-electron chi connectivity index (χ2n) is 4.30. The fourth-order valence-corrected chi connectivity index (χ4v) is 4.14. The lowest BCUT2D eigenvalue weighted by Gasteiger charge is -2.21. The topological polar surface area (TPSA) is 57.6 Å². The molecule has 4 nitrogen and oxygen atoms in total. The Bertz CT molecular complexity index is 437. The van der Waals surface area contributed by atoms with Crippen LogP contribution >= 0.6 is 11.3 Å². The molecule has 1 aromatic heterocycles. The third-order valence-corrected chi connectivity index (χ3v) is 5.47. The van der Waals surface area contributed by atoms with E-state index in [4.69, 9.17) is 5.11 Å². The summed E-state index contributed by atoms with van der Waals surface area (Å²) in [6.45, 7) is 0.401. The lowest BCUT2D eigenvalue weighted by atomic mass is 10.3. The molecule has 1 heterocycles. The number of sulfonamides is 1. The summed E-state index contributed by atoms with van der Waals surface area (Å²) in [5, 5.41) is 12.7. The van der Waals surface area contributed by atoms with E-state index in [0.29, 0.717) is 13.0 Å². The van der Waals surface area contributed by atoms with Crippen molar-refractivity contribution in [3.05, 3.63) is 22.4 Å². The van der Waals surface area contributed by atoms with Crippen LogP contribution in [0.3, 0.4) is 0 Å². The van der Waals surface area contributed by atoms with Crippen LogP contribution in [0.5, 0.6) is 0 Å². The normalized spacial score (nSPS) is 16.6. The zero-order valence-corrected chi connectivity index (χ0v) is 11.2. The Morgan fingerprint density at radius 1 is 1.47 bits per heavy atom. The molecule has 0 amide bonds. The summed E-state index contributed by atoms with van der Waals surface area (Å²) in [7, 11) is -3.22. The predicted octanol–water partition coefficient (Wildman–Crippen LogP) is 1.42. The second-order valence-corrected chi connectivity index (χ2v) is 7.12. The minimum Gasteiger partial charge on any atom is -0.396 e. The minimum atomic E-state index is -3.22. The molecule has 0 unspecified atom stereocenters. The van der Waals surface area contributed by atoms with Crippen molar-refractivity contribution in [3.63, 3.8) is 0 Å². The first-order chi connectivity index (χ1) is 8.13. The lowest BCUT2D eigenvalue weighted by Crippen LogP contribution is -2.34. The van der Waals surface area contributed by atoms with Crippen LogP contribution in [0.4, 0.5) is 0 Å². The standard InChI is InChI=1S/C11H17NO3S2/c13-5-1-7-17(14,15)12(11-2-3-11)8-10-4-6-16-9-10/h4,6,9,11,13H,1-3,5,7-8H2. The van der Waals surface area contributed by atoms with Gasteiger partial charge in [-0.15, -0.1) is 0 Å². The Balaban J connectivity index is 2.06. The van der Waals surface area contributed by atoms with Gasteiger partial charge in [0.1, 0.15) is 0 Å². The van der Waals surface area contributed by atoms with Gasteiger partial charge in [-0.25, -0.2) is 8.42 Å². The summed E-state index contributed by atoms with van der Waals surface area (Å²) >= 11 is 1.58. The Morgan fingerprint density at radius 3 is 2.76 bits per heavy atom. The number of hydrogen-bond acceptors (Lipinski definition) is 4. The number of aliphatic hydroxyl groups is 1. The molecule has 1 N–H and O–H groups in total. The van der Waals surface area contributed by atoms with Gasteiger partial charge in [-0.2, -0.15) is 15.6 Å². The summed E-state index contributed by atoms with van der Waals surface area (Å²) < 4.78 is 25.8. The largest absolute Gasteiger partial charge is 0.396 e. The molecule has 0 spiro atoms. The van der Waals surface area contributed by atoms with Gasteiger partial charge in [-0.1, -0.05) is 0 Å².